The summed E-state index contributed by atoms with van der Waals surface area (Å²) in [4.78, 5) is 0. The van der Waals surface area contributed by atoms with Gasteiger partial charge < -0.3 is 15.4 Å². The Labute approximate surface area is 204 Å². The second-order valence-electron chi connectivity index (χ2n) is 8.17. The molecule has 3 nitrogen and oxygen atoms in total. The minimum atomic E-state index is 0.553. The van der Waals surface area contributed by atoms with Gasteiger partial charge in [-0.25, -0.2) is 0 Å². The van der Waals surface area contributed by atoms with Crippen LogP contribution in [0.5, 0.6) is 5.75 Å². The lowest BCUT2D eigenvalue weighted by atomic mass is 10.1. The molecule has 0 radical (unpaired) electrons. The number of hydrogen-bond donors (Lipinski definition) is 2. The van der Waals surface area contributed by atoms with Crippen molar-refractivity contribution in [1.29, 1.82) is 0 Å². The van der Waals surface area contributed by atoms with Gasteiger partial charge in [0.05, 0.1) is 0 Å². The van der Waals surface area contributed by atoms with Crippen molar-refractivity contribution < 1.29 is 4.74 Å². The van der Waals surface area contributed by atoms with Crippen LogP contribution in [-0.2, 0) is 13.2 Å². The fraction of sp³-hybridized carbons (Fsp3) is 0.259. The highest BCUT2D eigenvalue weighted by molar-refractivity contribution is 9.10. The lowest BCUT2D eigenvalue weighted by molar-refractivity contribution is 0.306. The molecule has 0 aliphatic carbocycles. The van der Waals surface area contributed by atoms with Crippen molar-refractivity contribution in [3.8, 4) is 5.75 Å². The average Bonchev–Trinajstić information content (AvgIpc) is 3.31. The molecule has 0 aromatic heterocycles. The molecule has 1 heterocycles. The first-order valence-electron chi connectivity index (χ1n) is 11.0. The van der Waals surface area contributed by atoms with Gasteiger partial charge in [-0.1, -0.05) is 82.1 Å². The van der Waals surface area contributed by atoms with Gasteiger partial charge >= 0.3 is 0 Å². The van der Waals surface area contributed by atoms with Crippen molar-refractivity contribution >= 4 is 39.7 Å². The monoisotopic (exact) mass is 510 g/mol. The van der Waals surface area contributed by atoms with E-state index in [4.69, 9.17) is 16.3 Å². The van der Waals surface area contributed by atoms with E-state index < -0.39 is 0 Å². The molecule has 5 heteroatoms. The molecule has 0 amide bonds. The number of hydrogen-bond acceptors (Lipinski definition) is 3. The molecule has 166 valence electrons. The molecule has 1 aliphatic heterocycles. The van der Waals surface area contributed by atoms with Crippen molar-refractivity contribution in [2.24, 2.45) is 5.92 Å². The van der Waals surface area contributed by atoms with Crippen LogP contribution in [0.15, 0.2) is 71.2 Å². The molecule has 32 heavy (non-hydrogen) atoms. The topological polar surface area (TPSA) is 33.3 Å². The Morgan fingerprint density at radius 3 is 2.69 bits per heavy atom. The molecule has 0 saturated carbocycles. The average molecular weight is 512 g/mol. The Kier molecular flexibility index (Phi) is 8.41. The summed E-state index contributed by atoms with van der Waals surface area (Å²) in [7, 11) is 0. The van der Waals surface area contributed by atoms with Gasteiger partial charge in [0.1, 0.15) is 12.4 Å². The van der Waals surface area contributed by atoms with Crippen LogP contribution in [0, 0.1) is 5.92 Å². The van der Waals surface area contributed by atoms with Gasteiger partial charge in [-0.05, 0) is 78.5 Å². The standard InChI is InChI=1S/C27H28BrClN2O/c28-27-15-25(29)9-8-24(27)7-6-21-12-23(18-31-17-22-10-11-30-16-22)14-26(13-21)32-19-20-4-2-1-3-5-20/h1-9,12-15,22,30-31H,10-11,16-19H2/b7-6+. The summed E-state index contributed by atoms with van der Waals surface area (Å²) in [6.07, 6.45) is 5.46. The summed E-state index contributed by atoms with van der Waals surface area (Å²) in [6, 6.07) is 22.5. The molecule has 1 unspecified atom stereocenters. The first-order chi connectivity index (χ1) is 15.7. The van der Waals surface area contributed by atoms with Gasteiger partial charge in [-0.15, -0.1) is 0 Å². The largest absolute Gasteiger partial charge is 0.489 e. The molecule has 1 fully saturated rings. The highest BCUT2D eigenvalue weighted by Gasteiger charge is 2.13. The second kappa shape index (κ2) is 11.7. The number of benzene rings is 3. The smallest absolute Gasteiger partial charge is 0.120 e. The maximum atomic E-state index is 6.15. The Balaban J connectivity index is 1.49. The molecule has 1 saturated heterocycles. The van der Waals surface area contributed by atoms with E-state index in [9.17, 15) is 0 Å². The van der Waals surface area contributed by atoms with Crippen LogP contribution in [0.3, 0.4) is 0 Å². The molecule has 0 spiro atoms. The lowest BCUT2D eigenvalue weighted by Crippen LogP contribution is -2.24. The van der Waals surface area contributed by atoms with E-state index in [2.05, 4.69) is 69.0 Å². The predicted molar refractivity (Wildman–Crippen MR) is 138 cm³/mol. The molecular weight excluding hydrogens is 484 g/mol. The van der Waals surface area contributed by atoms with Gasteiger partial charge in [0.15, 0.2) is 0 Å². The summed E-state index contributed by atoms with van der Waals surface area (Å²) >= 11 is 9.67. The quantitative estimate of drug-likeness (QED) is 0.320. The number of nitrogens with one attached hydrogen (secondary N) is 2. The van der Waals surface area contributed by atoms with Crippen LogP contribution in [0.25, 0.3) is 12.2 Å². The summed E-state index contributed by atoms with van der Waals surface area (Å²) < 4.78 is 7.12. The van der Waals surface area contributed by atoms with Crippen molar-refractivity contribution in [3.63, 3.8) is 0 Å². The molecule has 1 atom stereocenters. The summed E-state index contributed by atoms with van der Waals surface area (Å²) in [5.41, 5.74) is 4.57. The van der Waals surface area contributed by atoms with E-state index >= 15 is 0 Å². The second-order valence-corrected chi connectivity index (χ2v) is 9.46. The van der Waals surface area contributed by atoms with E-state index in [1.54, 1.807) is 0 Å². The van der Waals surface area contributed by atoms with E-state index in [0.717, 1.165) is 58.1 Å². The van der Waals surface area contributed by atoms with Gasteiger partial charge in [0.25, 0.3) is 0 Å². The number of halogens is 2. The molecule has 4 rings (SSSR count). The summed E-state index contributed by atoms with van der Waals surface area (Å²) in [5.74, 6) is 1.60. The van der Waals surface area contributed by atoms with Crippen LogP contribution in [0.4, 0.5) is 0 Å². The van der Waals surface area contributed by atoms with Crippen LogP contribution in [0.2, 0.25) is 5.02 Å². The zero-order valence-electron chi connectivity index (χ0n) is 18.0. The minimum Gasteiger partial charge on any atom is -0.489 e. The fourth-order valence-electron chi connectivity index (χ4n) is 3.84. The summed E-state index contributed by atoms with van der Waals surface area (Å²) in [5, 5.41) is 7.77. The molecule has 3 aromatic carbocycles. The van der Waals surface area contributed by atoms with Gasteiger partial charge in [-0.2, -0.15) is 0 Å². The van der Waals surface area contributed by atoms with Crippen molar-refractivity contribution in [2.75, 3.05) is 19.6 Å². The van der Waals surface area contributed by atoms with Crippen LogP contribution >= 0.6 is 27.5 Å². The predicted octanol–water partition coefficient (Wildman–Crippen LogP) is 6.55. The van der Waals surface area contributed by atoms with E-state index in [1.807, 2.05) is 36.4 Å². The molecular formula is C27H28BrClN2O. The highest BCUT2D eigenvalue weighted by atomic mass is 79.9. The highest BCUT2D eigenvalue weighted by Crippen LogP contribution is 2.25. The molecule has 1 aliphatic rings. The third-order valence-corrected chi connectivity index (χ3v) is 6.50. The maximum absolute atomic E-state index is 6.15. The Bertz CT molecular complexity index is 1050. The normalized spacial score (nSPS) is 16.0. The van der Waals surface area contributed by atoms with Crippen LogP contribution in [0.1, 0.15) is 28.7 Å². The van der Waals surface area contributed by atoms with E-state index in [1.165, 1.54) is 12.0 Å². The fourth-order valence-corrected chi connectivity index (χ4v) is 4.66. The molecule has 0 bridgehead atoms. The zero-order chi connectivity index (χ0) is 22.2. The van der Waals surface area contributed by atoms with E-state index in [0.29, 0.717) is 12.5 Å². The van der Waals surface area contributed by atoms with Crippen molar-refractivity contribution in [2.45, 2.75) is 19.6 Å². The minimum absolute atomic E-state index is 0.553. The van der Waals surface area contributed by atoms with E-state index in [-0.39, 0.29) is 0 Å². The third kappa shape index (κ3) is 6.94. The van der Waals surface area contributed by atoms with Crippen LogP contribution in [-0.4, -0.2) is 19.6 Å². The number of ether oxygens (including phenoxy) is 1. The molecule has 2 N–H and O–H groups in total. The Hall–Kier alpha value is -2.11. The molecule has 3 aromatic rings. The Morgan fingerprint density at radius 1 is 1.03 bits per heavy atom. The van der Waals surface area contributed by atoms with Gasteiger partial charge in [0, 0.05) is 16.0 Å². The zero-order valence-corrected chi connectivity index (χ0v) is 20.3. The third-order valence-electron chi connectivity index (χ3n) is 5.58. The SMILES string of the molecule is Clc1ccc(/C=C/c2cc(CNCC3CCNC3)cc(OCc3ccccc3)c2)c(Br)c1. The van der Waals surface area contributed by atoms with Gasteiger partial charge in [0.2, 0.25) is 0 Å². The van der Waals surface area contributed by atoms with Crippen molar-refractivity contribution in [1.82, 2.24) is 10.6 Å². The summed E-state index contributed by atoms with van der Waals surface area (Å²) in [6.45, 7) is 4.65. The van der Waals surface area contributed by atoms with Crippen molar-refractivity contribution in [3.05, 3.63) is 98.5 Å². The van der Waals surface area contributed by atoms with Gasteiger partial charge in [-0.3, -0.25) is 0 Å². The first kappa shape index (κ1) is 23.1. The Morgan fingerprint density at radius 2 is 1.91 bits per heavy atom. The maximum Gasteiger partial charge on any atom is 0.120 e. The lowest BCUT2D eigenvalue weighted by Gasteiger charge is -2.13. The van der Waals surface area contributed by atoms with Crippen LogP contribution < -0.4 is 15.4 Å². The first-order valence-corrected chi connectivity index (χ1v) is 12.2. The number of rotatable bonds is 9.